The molecule has 1 aliphatic carbocycles. The first kappa shape index (κ1) is 13.7. The monoisotopic (exact) mass is 287 g/mol. The van der Waals surface area contributed by atoms with Crippen LogP contribution in [0.1, 0.15) is 25.7 Å². The van der Waals surface area contributed by atoms with E-state index in [1.807, 2.05) is 12.1 Å². The van der Waals surface area contributed by atoms with E-state index in [1.54, 1.807) is 12.1 Å². The first-order valence-corrected chi connectivity index (χ1v) is 8.49. The second-order valence-corrected chi connectivity index (χ2v) is 7.46. The Balaban J connectivity index is 2.15. The summed E-state index contributed by atoms with van der Waals surface area (Å²) in [5.74, 6) is 0. The van der Waals surface area contributed by atoms with Gasteiger partial charge in [0.1, 0.15) is 0 Å². The second-order valence-electron chi connectivity index (χ2n) is 4.86. The Morgan fingerprint density at radius 1 is 1.17 bits per heavy atom. The van der Waals surface area contributed by atoms with Crippen LogP contribution in [-0.2, 0) is 9.84 Å². The maximum absolute atomic E-state index is 11.7. The lowest BCUT2D eigenvalue weighted by atomic mass is 9.95. The molecule has 0 aromatic heterocycles. The summed E-state index contributed by atoms with van der Waals surface area (Å²) >= 11 is 6.07. The molecule has 0 saturated heterocycles. The molecule has 1 N–H and O–H groups in total. The number of para-hydroxylation sites is 1. The standard InChI is InChI=1S/C13H18ClNO2S/c1-18(16,17)13-5-3-2-4-12(13)15-11-8-6-10(14)7-9-11/h2-5,10-11,15H,6-9H2,1H3. The van der Waals surface area contributed by atoms with E-state index < -0.39 is 9.84 Å². The maximum atomic E-state index is 11.7. The molecular weight excluding hydrogens is 270 g/mol. The third kappa shape index (κ3) is 3.39. The van der Waals surface area contributed by atoms with Crippen LogP contribution in [0.15, 0.2) is 29.2 Å². The Hall–Kier alpha value is -0.740. The van der Waals surface area contributed by atoms with E-state index in [2.05, 4.69) is 5.32 Å². The van der Waals surface area contributed by atoms with Gasteiger partial charge in [-0.3, -0.25) is 0 Å². The number of nitrogens with one attached hydrogen (secondary N) is 1. The zero-order valence-electron chi connectivity index (χ0n) is 10.4. The molecule has 0 amide bonds. The summed E-state index contributed by atoms with van der Waals surface area (Å²) in [7, 11) is -3.18. The molecule has 18 heavy (non-hydrogen) atoms. The number of rotatable bonds is 3. The number of halogens is 1. The minimum Gasteiger partial charge on any atom is -0.381 e. The van der Waals surface area contributed by atoms with Crippen LogP contribution in [-0.4, -0.2) is 26.1 Å². The van der Waals surface area contributed by atoms with Crippen LogP contribution in [0.3, 0.4) is 0 Å². The zero-order chi connectivity index (χ0) is 13.2. The highest BCUT2D eigenvalue weighted by Crippen LogP contribution is 2.28. The summed E-state index contributed by atoms with van der Waals surface area (Å²) in [6.45, 7) is 0. The van der Waals surface area contributed by atoms with Crippen molar-refractivity contribution < 1.29 is 8.42 Å². The third-order valence-electron chi connectivity index (χ3n) is 3.30. The molecule has 100 valence electrons. The van der Waals surface area contributed by atoms with Crippen LogP contribution >= 0.6 is 11.6 Å². The van der Waals surface area contributed by atoms with Crippen LogP contribution in [0.5, 0.6) is 0 Å². The smallest absolute Gasteiger partial charge is 0.177 e. The summed E-state index contributed by atoms with van der Waals surface area (Å²) < 4.78 is 23.4. The van der Waals surface area contributed by atoms with E-state index in [9.17, 15) is 8.42 Å². The van der Waals surface area contributed by atoms with Crippen LogP contribution in [0.4, 0.5) is 5.69 Å². The molecule has 1 saturated carbocycles. The fraction of sp³-hybridized carbons (Fsp3) is 0.538. The molecule has 0 aliphatic heterocycles. The van der Waals surface area contributed by atoms with Crippen molar-refractivity contribution in [3.05, 3.63) is 24.3 Å². The molecular formula is C13H18ClNO2S. The van der Waals surface area contributed by atoms with Gasteiger partial charge in [0.2, 0.25) is 0 Å². The number of sulfone groups is 1. The Kier molecular flexibility index (Phi) is 4.17. The lowest BCUT2D eigenvalue weighted by Crippen LogP contribution is -2.27. The van der Waals surface area contributed by atoms with E-state index >= 15 is 0 Å². The molecule has 1 aromatic rings. The van der Waals surface area contributed by atoms with Gasteiger partial charge in [0, 0.05) is 17.7 Å². The molecule has 3 nitrogen and oxygen atoms in total. The Labute approximate surface area is 113 Å². The van der Waals surface area contributed by atoms with Crippen molar-refractivity contribution in [3.63, 3.8) is 0 Å². The van der Waals surface area contributed by atoms with Gasteiger partial charge in [-0.15, -0.1) is 11.6 Å². The highest BCUT2D eigenvalue weighted by molar-refractivity contribution is 7.90. The number of hydrogen-bond acceptors (Lipinski definition) is 3. The van der Waals surface area contributed by atoms with Crippen LogP contribution in [0.25, 0.3) is 0 Å². The highest BCUT2D eigenvalue weighted by Gasteiger charge is 2.21. The average Bonchev–Trinajstić information content (AvgIpc) is 2.31. The molecule has 0 atom stereocenters. The average molecular weight is 288 g/mol. The fourth-order valence-electron chi connectivity index (χ4n) is 2.33. The van der Waals surface area contributed by atoms with Crippen molar-refractivity contribution in [2.75, 3.05) is 11.6 Å². The van der Waals surface area contributed by atoms with Gasteiger partial charge in [-0.2, -0.15) is 0 Å². The molecule has 0 heterocycles. The third-order valence-corrected chi connectivity index (χ3v) is 4.89. The number of alkyl halides is 1. The minimum atomic E-state index is -3.18. The zero-order valence-corrected chi connectivity index (χ0v) is 12.0. The van der Waals surface area contributed by atoms with Gasteiger partial charge in [0.05, 0.1) is 10.6 Å². The summed E-state index contributed by atoms with van der Waals surface area (Å²) in [6, 6.07) is 7.39. The Morgan fingerprint density at radius 3 is 2.39 bits per heavy atom. The normalized spacial score (nSPS) is 24.8. The van der Waals surface area contributed by atoms with Gasteiger partial charge in [0.15, 0.2) is 9.84 Å². The molecule has 1 aliphatic rings. The quantitative estimate of drug-likeness (QED) is 0.869. The maximum Gasteiger partial charge on any atom is 0.177 e. The molecule has 0 spiro atoms. The van der Waals surface area contributed by atoms with Crippen molar-refractivity contribution in [2.24, 2.45) is 0 Å². The van der Waals surface area contributed by atoms with Crippen molar-refractivity contribution in [1.29, 1.82) is 0 Å². The van der Waals surface area contributed by atoms with Gasteiger partial charge in [0.25, 0.3) is 0 Å². The number of hydrogen-bond donors (Lipinski definition) is 1. The highest BCUT2D eigenvalue weighted by atomic mass is 35.5. The predicted molar refractivity (Wildman–Crippen MR) is 75.1 cm³/mol. The van der Waals surface area contributed by atoms with Gasteiger partial charge in [-0.25, -0.2) is 8.42 Å². The van der Waals surface area contributed by atoms with Crippen molar-refractivity contribution in [1.82, 2.24) is 0 Å². The first-order chi connectivity index (χ1) is 8.47. The SMILES string of the molecule is CS(=O)(=O)c1ccccc1NC1CCC(Cl)CC1. The lowest BCUT2D eigenvalue weighted by Gasteiger charge is -2.27. The van der Waals surface area contributed by atoms with E-state index in [4.69, 9.17) is 11.6 Å². The number of benzene rings is 1. The molecule has 0 radical (unpaired) electrons. The molecule has 1 aromatic carbocycles. The molecule has 5 heteroatoms. The van der Waals surface area contributed by atoms with Gasteiger partial charge in [-0.1, -0.05) is 12.1 Å². The van der Waals surface area contributed by atoms with Crippen LogP contribution in [0.2, 0.25) is 0 Å². The van der Waals surface area contributed by atoms with Crippen molar-refractivity contribution >= 4 is 27.1 Å². The topological polar surface area (TPSA) is 46.2 Å². The Morgan fingerprint density at radius 2 is 1.78 bits per heavy atom. The fourth-order valence-corrected chi connectivity index (χ4v) is 3.43. The van der Waals surface area contributed by atoms with E-state index in [1.165, 1.54) is 6.26 Å². The molecule has 1 fully saturated rings. The largest absolute Gasteiger partial charge is 0.381 e. The summed E-state index contributed by atoms with van der Waals surface area (Å²) in [5, 5.41) is 3.61. The summed E-state index contributed by atoms with van der Waals surface area (Å²) in [6.07, 6.45) is 5.20. The van der Waals surface area contributed by atoms with E-state index in [-0.39, 0.29) is 5.38 Å². The number of anilines is 1. The van der Waals surface area contributed by atoms with Gasteiger partial charge in [-0.05, 0) is 37.8 Å². The van der Waals surface area contributed by atoms with Crippen molar-refractivity contribution in [3.8, 4) is 0 Å². The second kappa shape index (κ2) is 5.49. The summed E-state index contributed by atoms with van der Waals surface area (Å²) in [5.41, 5.74) is 0.707. The van der Waals surface area contributed by atoms with Crippen LogP contribution in [0, 0.1) is 0 Å². The van der Waals surface area contributed by atoms with E-state index in [0.29, 0.717) is 16.6 Å². The first-order valence-electron chi connectivity index (χ1n) is 6.16. The van der Waals surface area contributed by atoms with Gasteiger partial charge >= 0.3 is 0 Å². The van der Waals surface area contributed by atoms with Gasteiger partial charge < -0.3 is 5.32 Å². The Bertz CT molecular complexity index is 507. The predicted octanol–water partition coefficient (Wildman–Crippen LogP) is 3.05. The lowest BCUT2D eigenvalue weighted by molar-refractivity contribution is 0.468. The molecule has 0 bridgehead atoms. The van der Waals surface area contributed by atoms with Crippen molar-refractivity contribution in [2.45, 2.75) is 42.0 Å². The van der Waals surface area contributed by atoms with E-state index in [0.717, 1.165) is 25.7 Å². The summed E-state index contributed by atoms with van der Waals surface area (Å²) in [4.78, 5) is 0.373. The van der Waals surface area contributed by atoms with Crippen LogP contribution < -0.4 is 5.32 Å². The molecule has 2 rings (SSSR count). The molecule has 0 unspecified atom stereocenters. The minimum absolute atomic E-state index is 0.271.